The number of sulfone groups is 1. The highest BCUT2D eigenvalue weighted by Gasteiger charge is 2.29. The minimum absolute atomic E-state index is 0.0726. The maximum atomic E-state index is 12.3. The smallest absolute Gasteiger partial charge is 0.245 e. The van der Waals surface area contributed by atoms with E-state index in [0.717, 1.165) is 11.1 Å². The second kappa shape index (κ2) is 6.58. The molecule has 6 nitrogen and oxygen atoms in total. The Kier molecular flexibility index (Phi) is 4.97. The van der Waals surface area contributed by atoms with Crippen molar-refractivity contribution in [3.8, 4) is 11.4 Å². The summed E-state index contributed by atoms with van der Waals surface area (Å²) >= 11 is 0. The van der Waals surface area contributed by atoms with E-state index < -0.39 is 15.1 Å². The van der Waals surface area contributed by atoms with Gasteiger partial charge in [0, 0.05) is 12.2 Å². The van der Waals surface area contributed by atoms with Crippen LogP contribution in [0.1, 0.15) is 30.6 Å². The molecule has 2 atom stereocenters. The monoisotopic (exact) mass is 324 g/mol. The number of aryl methyl sites for hydroxylation is 1. The van der Waals surface area contributed by atoms with Gasteiger partial charge in [0.25, 0.3) is 0 Å². The fraction of sp³-hybridized carbons (Fsp3) is 0.467. The fourth-order valence-electron chi connectivity index (χ4n) is 2.08. The van der Waals surface area contributed by atoms with Crippen LogP contribution in [0.3, 0.4) is 0 Å². The number of benzene rings is 1. The zero-order chi connectivity index (χ0) is 16.3. The predicted octanol–water partition coefficient (Wildman–Crippen LogP) is 2.15. The van der Waals surface area contributed by atoms with Crippen LogP contribution in [0.5, 0.6) is 0 Å². The number of rotatable bonds is 6. The van der Waals surface area contributed by atoms with E-state index in [1.54, 1.807) is 6.92 Å². The Morgan fingerprint density at radius 3 is 2.59 bits per heavy atom. The molecule has 0 amide bonds. The Hall–Kier alpha value is -1.73. The number of aliphatic hydroxyl groups is 1. The molecule has 1 heterocycles. The van der Waals surface area contributed by atoms with Crippen molar-refractivity contribution in [2.75, 3.05) is 12.4 Å². The van der Waals surface area contributed by atoms with Gasteiger partial charge in [0.1, 0.15) is 5.25 Å². The van der Waals surface area contributed by atoms with Crippen LogP contribution in [0.4, 0.5) is 0 Å². The summed E-state index contributed by atoms with van der Waals surface area (Å²) < 4.78 is 29.7. The lowest BCUT2D eigenvalue weighted by molar-refractivity contribution is 0.248. The summed E-state index contributed by atoms with van der Waals surface area (Å²) in [6.45, 7) is 4.95. The van der Waals surface area contributed by atoms with Gasteiger partial charge in [0.2, 0.25) is 11.7 Å². The van der Waals surface area contributed by atoms with Crippen molar-refractivity contribution in [2.45, 2.75) is 26.0 Å². The van der Waals surface area contributed by atoms with Crippen molar-refractivity contribution in [1.82, 2.24) is 10.1 Å². The first-order chi connectivity index (χ1) is 10.3. The Morgan fingerprint density at radius 2 is 1.95 bits per heavy atom. The van der Waals surface area contributed by atoms with Gasteiger partial charge in [-0.3, -0.25) is 0 Å². The van der Waals surface area contributed by atoms with Crippen LogP contribution in [0, 0.1) is 12.8 Å². The Bertz CT molecular complexity index is 740. The van der Waals surface area contributed by atoms with E-state index in [0.29, 0.717) is 5.82 Å². The number of aromatic nitrogens is 2. The summed E-state index contributed by atoms with van der Waals surface area (Å²) in [4.78, 5) is 4.22. The minimum Gasteiger partial charge on any atom is -0.396 e. The molecular weight excluding hydrogens is 304 g/mol. The molecule has 0 aliphatic rings. The molecule has 0 aliphatic heterocycles. The second-order valence-corrected chi connectivity index (χ2v) is 7.90. The summed E-state index contributed by atoms with van der Waals surface area (Å²) in [5.74, 6) is 0.00665. The van der Waals surface area contributed by atoms with Crippen LogP contribution in [-0.4, -0.2) is 36.0 Å². The third kappa shape index (κ3) is 3.53. The molecule has 0 saturated heterocycles. The standard InChI is InChI=1S/C15H20N2O4S/c1-10(8-18)9-22(19,20)12(3)15-16-14(17-21-15)13-7-5-4-6-11(13)2/h4-7,10,12,18H,8-9H2,1-3H3. The summed E-state index contributed by atoms with van der Waals surface area (Å²) in [6, 6.07) is 7.55. The molecule has 0 aliphatic carbocycles. The Labute approximate surface area is 130 Å². The van der Waals surface area contributed by atoms with E-state index in [2.05, 4.69) is 10.1 Å². The Balaban J connectivity index is 2.26. The van der Waals surface area contributed by atoms with E-state index in [-0.39, 0.29) is 24.2 Å². The summed E-state index contributed by atoms with van der Waals surface area (Å²) in [6.07, 6.45) is 0. The molecule has 0 spiro atoms. The van der Waals surface area contributed by atoms with E-state index in [1.807, 2.05) is 31.2 Å². The minimum atomic E-state index is -3.46. The van der Waals surface area contributed by atoms with Crippen LogP contribution in [0.25, 0.3) is 11.4 Å². The van der Waals surface area contributed by atoms with Crippen molar-refractivity contribution in [3.05, 3.63) is 35.7 Å². The maximum absolute atomic E-state index is 12.3. The van der Waals surface area contributed by atoms with Crippen LogP contribution in [0.2, 0.25) is 0 Å². The molecule has 120 valence electrons. The molecule has 2 unspecified atom stereocenters. The average molecular weight is 324 g/mol. The van der Waals surface area contributed by atoms with Gasteiger partial charge < -0.3 is 9.63 Å². The van der Waals surface area contributed by atoms with Crippen LogP contribution >= 0.6 is 0 Å². The first kappa shape index (κ1) is 16.6. The van der Waals surface area contributed by atoms with Crippen molar-refractivity contribution in [3.63, 3.8) is 0 Å². The highest BCUT2D eigenvalue weighted by molar-refractivity contribution is 7.91. The van der Waals surface area contributed by atoms with E-state index in [1.165, 1.54) is 6.92 Å². The van der Waals surface area contributed by atoms with Gasteiger partial charge >= 0.3 is 0 Å². The van der Waals surface area contributed by atoms with Gasteiger partial charge in [0.15, 0.2) is 9.84 Å². The van der Waals surface area contributed by atoms with Crippen LogP contribution in [0.15, 0.2) is 28.8 Å². The molecule has 1 aromatic heterocycles. The molecule has 1 N–H and O–H groups in total. The number of hydrogen-bond donors (Lipinski definition) is 1. The molecule has 1 aromatic carbocycles. The summed E-state index contributed by atoms with van der Waals surface area (Å²) in [5.41, 5.74) is 1.80. The van der Waals surface area contributed by atoms with Crippen LogP contribution < -0.4 is 0 Å². The zero-order valence-corrected chi connectivity index (χ0v) is 13.7. The molecule has 2 rings (SSSR count). The molecule has 2 aromatic rings. The molecule has 0 fully saturated rings. The van der Waals surface area contributed by atoms with Crippen molar-refractivity contribution in [1.29, 1.82) is 0 Å². The van der Waals surface area contributed by atoms with Gasteiger partial charge in [-0.2, -0.15) is 4.98 Å². The van der Waals surface area contributed by atoms with Gasteiger partial charge in [-0.25, -0.2) is 8.42 Å². The largest absolute Gasteiger partial charge is 0.396 e. The second-order valence-electron chi connectivity index (χ2n) is 5.53. The predicted molar refractivity (Wildman–Crippen MR) is 82.9 cm³/mol. The highest BCUT2D eigenvalue weighted by Crippen LogP contribution is 2.26. The van der Waals surface area contributed by atoms with Crippen molar-refractivity contribution < 1.29 is 18.0 Å². The topological polar surface area (TPSA) is 93.3 Å². The maximum Gasteiger partial charge on any atom is 0.245 e. The average Bonchev–Trinajstić information content (AvgIpc) is 2.95. The lowest BCUT2D eigenvalue weighted by Crippen LogP contribution is -2.21. The quantitative estimate of drug-likeness (QED) is 0.875. The van der Waals surface area contributed by atoms with E-state index in [4.69, 9.17) is 9.63 Å². The molecule has 0 saturated carbocycles. The lowest BCUT2D eigenvalue weighted by atomic mass is 10.1. The van der Waals surface area contributed by atoms with Crippen LogP contribution in [-0.2, 0) is 9.84 Å². The summed E-state index contributed by atoms with van der Waals surface area (Å²) in [5, 5.41) is 12.0. The number of nitrogens with zero attached hydrogens (tertiary/aromatic N) is 2. The lowest BCUT2D eigenvalue weighted by Gasteiger charge is -2.12. The third-order valence-electron chi connectivity index (χ3n) is 3.54. The highest BCUT2D eigenvalue weighted by atomic mass is 32.2. The fourth-order valence-corrected chi connectivity index (χ4v) is 3.67. The molecule has 7 heteroatoms. The van der Waals surface area contributed by atoms with E-state index >= 15 is 0 Å². The summed E-state index contributed by atoms with van der Waals surface area (Å²) in [7, 11) is -3.46. The molecule has 0 bridgehead atoms. The zero-order valence-electron chi connectivity index (χ0n) is 12.9. The SMILES string of the molecule is Cc1ccccc1-c1noc(C(C)S(=O)(=O)CC(C)CO)n1. The third-order valence-corrected chi connectivity index (χ3v) is 5.86. The first-order valence-electron chi connectivity index (χ1n) is 7.07. The van der Waals surface area contributed by atoms with E-state index in [9.17, 15) is 8.42 Å². The number of hydrogen-bond acceptors (Lipinski definition) is 6. The van der Waals surface area contributed by atoms with Crippen molar-refractivity contribution >= 4 is 9.84 Å². The molecular formula is C15H20N2O4S. The van der Waals surface area contributed by atoms with Gasteiger partial charge in [-0.15, -0.1) is 0 Å². The normalized spacial score (nSPS) is 14.7. The van der Waals surface area contributed by atoms with Gasteiger partial charge in [-0.05, 0) is 25.3 Å². The molecule has 22 heavy (non-hydrogen) atoms. The van der Waals surface area contributed by atoms with Gasteiger partial charge in [-0.1, -0.05) is 36.3 Å². The Morgan fingerprint density at radius 1 is 1.27 bits per heavy atom. The first-order valence-corrected chi connectivity index (χ1v) is 8.78. The molecule has 0 radical (unpaired) electrons. The van der Waals surface area contributed by atoms with Crippen molar-refractivity contribution in [2.24, 2.45) is 5.92 Å². The van der Waals surface area contributed by atoms with Gasteiger partial charge in [0.05, 0.1) is 5.75 Å². The number of aliphatic hydroxyl groups excluding tert-OH is 1.